The Hall–Kier alpha value is -3.86. The molecule has 0 spiro atoms. The lowest BCUT2D eigenvalue weighted by molar-refractivity contribution is -0.274. The summed E-state index contributed by atoms with van der Waals surface area (Å²) in [6.07, 6.45) is -1.62. The minimum atomic E-state index is -4.84. The van der Waals surface area contributed by atoms with Gasteiger partial charge in [-0.2, -0.15) is 0 Å². The van der Waals surface area contributed by atoms with Crippen LogP contribution in [0.4, 0.5) is 13.2 Å². The van der Waals surface area contributed by atoms with Crippen molar-refractivity contribution in [1.82, 2.24) is 16.0 Å². The first-order valence-electron chi connectivity index (χ1n) is 12.2. The first kappa shape index (κ1) is 28.7. The normalized spacial score (nSPS) is 15.9. The maximum absolute atomic E-state index is 13.5. The van der Waals surface area contributed by atoms with Crippen LogP contribution in [0.1, 0.15) is 30.9 Å². The smallest absolute Gasteiger partial charge is 0.464 e. The SMILES string of the molecule is CCOC(=O)C(Cc1ccccc1)NC(=O)C1(NC(=O)/C=C/c2cccc(OC(F)(F)F)c2)CCNCC1. The molecule has 0 saturated carbocycles. The Morgan fingerprint density at radius 3 is 2.45 bits per heavy atom. The molecule has 3 N–H and O–H groups in total. The van der Waals surface area contributed by atoms with Crippen molar-refractivity contribution in [3.63, 3.8) is 0 Å². The maximum Gasteiger partial charge on any atom is 0.573 e. The molecule has 0 radical (unpaired) electrons. The molecule has 1 heterocycles. The second-order valence-corrected chi connectivity index (χ2v) is 8.74. The molecule has 0 aliphatic carbocycles. The molecule has 204 valence electrons. The lowest BCUT2D eigenvalue weighted by atomic mass is 9.86. The van der Waals surface area contributed by atoms with Crippen molar-refractivity contribution in [1.29, 1.82) is 0 Å². The zero-order chi connectivity index (χ0) is 27.6. The zero-order valence-electron chi connectivity index (χ0n) is 20.8. The van der Waals surface area contributed by atoms with Gasteiger partial charge in [-0.3, -0.25) is 9.59 Å². The lowest BCUT2D eigenvalue weighted by Crippen LogP contribution is -2.64. The van der Waals surface area contributed by atoms with E-state index < -0.39 is 41.5 Å². The van der Waals surface area contributed by atoms with E-state index in [0.717, 1.165) is 23.8 Å². The van der Waals surface area contributed by atoms with Crippen LogP contribution in [-0.2, 0) is 25.5 Å². The van der Waals surface area contributed by atoms with E-state index in [9.17, 15) is 27.6 Å². The average Bonchev–Trinajstić information content (AvgIpc) is 2.87. The fourth-order valence-electron chi connectivity index (χ4n) is 4.11. The van der Waals surface area contributed by atoms with Crippen LogP contribution < -0.4 is 20.7 Å². The maximum atomic E-state index is 13.5. The van der Waals surface area contributed by atoms with E-state index in [4.69, 9.17) is 4.74 Å². The van der Waals surface area contributed by atoms with E-state index >= 15 is 0 Å². The second kappa shape index (κ2) is 13.1. The number of halogens is 3. The van der Waals surface area contributed by atoms with Crippen molar-refractivity contribution < 1.29 is 37.0 Å². The van der Waals surface area contributed by atoms with Gasteiger partial charge in [0.2, 0.25) is 11.8 Å². The summed E-state index contributed by atoms with van der Waals surface area (Å²) < 4.78 is 46.5. The second-order valence-electron chi connectivity index (χ2n) is 8.74. The van der Waals surface area contributed by atoms with E-state index in [2.05, 4.69) is 20.7 Å². The highest BCUT2D eigenvalue weighted by Gasteiger charge is 2.42. The molecule has 1 saturated heterocycles. The Bertz CT molecular complexity index is 1130. The van der Waals surface area contributed by atoms with Crippen LogP contribution in [0.2, 0.25) is 0 Å². The third-order valence-electron chi connectivity index (χ3n) is 5.93. The van der Waals surface area contributed by atoms with Crippen molar-refractivity contribution in [3.05, 3.63) is 71.8 Å². The van der Waals surface area contributed by atoms with E-state index in [1.54, 1.807) is 6.92 Å². The molecule has 2 amide bonds. The standard InChI is InChI=1S/C27H30F3N3O5/c1-2-37-24(35)22(18-19-7-4-3-5-8-19)32-25(36)26(13-15-31-16-14-26)33-23(34)12-11-20-9-6-10-21(17-20)38-27(28,29)30/h3-12,17,22,31H,2,13-16,18H2,1H3,(H,32,36)(H,33,34)/b12-11+. The highest BCUT2D eigenvalue weighted by Crippen LogP contribution is 2.24. The molecular weight excluding hydrogens is 503 g/mol. The van der Waals surface area contributed by atoms with Gasteiger partial charge >= 0.3 is 12.3 Å². The quantitative estimate of drug-likeness (QED) is 0.320. The molecule has 11 heteroatoms. The summed E-state index contributed by atoms with van der Waals surface area (Å²) in [6, 6.07) is 13.4. The number of piperidine rings is 1. The number of carbonyl (C=O) groups excluding carboxylic acids is 3. The number of ether oxygens (including phenoxy) is 2. The van der Waals surface area contributed by atoms with Crippen LogP contribution in [0.5, 0.6) is 5.75 Å². The number of rotatable bonds is 10. The Kier molecular flexibility index (Phi) is 9.89. The van der Waals surface area contributed by atoms with Gasteiger partial charge in [-0.05, 0) is 62.2 Å². The number of esters is 1. The number of amides is 2. The van der Waals surface area contributed by atoms with Crippen LogP contribution in [0.3, 0.4) is 0 Å². The van der Waals surface area contributed by atoms with Gasteiger partial charge in [0.15, 0.2) is 0 Å². The number of alkyl halides is 3. The molecule has 2 aromatic carbocycles. The predicted molar refractivity (Wildman–Crippen MR) is 134 cm³/mol. The molecule has 8 nitrogen and oxygen atoms in total. The van der Waals surface area contributed by atoms with Crippen LogP contribution in [0, 0.1) is 0 Å². The number of nitrogens with one attached hydrogen (secondary N) is 3. The van der Waals surface area contributed by atoms with Crippen LogP contribution in [0.25, 0.3) is 6.08 Å². The van der Waals surface area contributed by atoms with Gasteiger partial charge in [0.1, 0.15) is 17.3 Å². The highest BCUT2D eigenvalue weighted by atomic mass is 19.4. The van der Waals surface area contributed by atoms with Gasteiger partial charge in [0.25, 0.3) is 0 Å². The molecule has 38 heavy (non-hydrogen) atoms. The summed E-state index contributed by atoms with van der Waals surface area (Å²) >= 11 is 0. The molecule has 1 atom stereocenters. The fourth-order valence-corrected chi connectivity index (χ4v) is 4.11. The summed E-state index contributed by atoms with van der Waals surface area (Å²) in [5, 5.41) is 8.66. The molecule has 3 rings (SSSR count). The summed E-state index contributed by atoms with van der Waals surface area (Å²) in [5.74, 6) is -2.13. The highest BCUT2D eigenvalue weighted by molar-refractivity contribution is 5.98. The van der Waals surface area contributed by atoms with Gasteiger partial charge in [-0.1, -0.05) is 42.5 Å². The minimum Gasteiger partial charge on any atom is -0.464 e. The molecule has 0 bridgehead atoms. The van der Waals surface area contributed by atoms with Crippen molar-refractivity contribution in [2.75, 3.05) is 19.7 Å². The Labute approximate surface area is 218 Å². The lowest BCUT2D eigenvalue weighted by Gasteiger charge is -2.37. The molecule has 1 fully saturated rings. The fraction of sp³-hybridized carbons (Fsp3) is 0.370. The largest absolute Gasteiger partial charge is 0.573 e. The number of benzene rings is 2. The first-order valence-corrected chi connectivity index (χ1v) is 12.2. The van der Waals surface area contributed by atoms with Gasteiger partial charge in [-0.25, -0.2) is 4.79 Å². The zero-order valence-corrected chi connectivity index (χ0v) is 20.8. The third-order valence-corrected chi connectivity index (χ3v) is 5.93. The van der Waals surface area contributed by atoms with Gasteiger partial charge in [0, 0.05) is 12.5 Å². The molecule has 2 aromatic rings. The molecule has 1 aliphatic rings. The van der Waals surface area contributed by atoms with Gasteiger partial charge in [0.05, 0.1) is 6.61 Å². The summed E-state index contributed by atoms with van der Waals surface area (Å²) in [4.78, 5) is 39.0. The number of hydrogen-bond donors (Lipinski definition) is 3. The summed E-state index contributed by atoms with van der Waals surface area (Å²) in [6.45, 7) is 2.73. The van der Waals surface area contributed by atoms with Crippen molar-refractivity contribution >= 4 is 23.9 Å². The van der Waals surface area contributed by atoms with Crippen LogP contribution in [-0.4, -0.2) is 55.4 Å². The Morgan fingerprint density at radius 1 is 1.08 bits per heavy atom. The monoisotopic (exact) mass is 533 g/mol. The molecule has 1 unspecified atom stereocenters. The third kappa shape index (κ3) is 8.62. The minimum absolute atomic E-state index is 0.145. The number of carbonyl (C=O) groups is 3. The molecule has 1 aliphatic heterocycles. The molecule has 0 aromatic heterocycles. The van der Waals surface area contributed by atoms with E-state index in [-0.39, 0.29) is 25.9 Å². The van der Waals surface area contributed by atoms with Crippen LogP contribution in [0.15, 0.2) is 60.7 Å². The number of hydrogen-bond acceptors (Lipinski definition) is 6. The average molecular weight is 534 g/mol. The van der Waals surface area contributed by atoms with Crippen molar-refractivity contribution in [2.45, 2.75) is 44.1 Å². The van der Waals surface area contributed by atoms with Gasteiger partial charge < -0.3 is 25.4 Å². The van der Waals surface area contributed by atoms with E-state index in [0.29, 0.717) is 18.7 Å². The summed E-state index contributed by atoms with van der Waals surface area (Å²) in [7, 11) is 0. The predicted octanol–water partition coefficient (Wildman–Crippen LogP) is 3.13. The molecular formula is C27H30F3N3O5. The van der Waals surface area contributed by atoms with E-state index in [1.165, 1.54) is 18.2 Å². The Morgan fingerprint density at radius 2 is 1.79 bits per heavy atom. The summed E-state index contributed by atoms with van der Waals surface area (Å²) in [5.41, 5.74) is -0.167. The first-order chi connectivity index (χ1) is 18.1. The van der Waals surface area contributed by atoms with Crippen molar-refractivity contribution in [3.8, 4) is 5.75 Å². The topological polar surface area (TPSA) is 106 Å². The van der Waals surface area contributed by atoms with Crippen molar-refractivity contribution in [2.24, 2.45) is 0 Å². The Balaban J connectivity index is 1.74. The van der Waals surface area contributed by atoms with Crippen LogP contribution >= 0.6 is 0 Å². The van der Waals surface area contributed by atoms with E-state index in [1.807, 2.05) is 30.3 Å². The van der Waals surface area contributed by atoms with Gasteiger partial charge in [-0.15, -0.1) is 13.2 Å².